The van der Waals surface area contributed by atoms with Crippen LogP contribution in [0.3, 0.4) is 0 Å². The summed E-state index contributed by atoms with van der Waals surface area (Å²) in [6.45, 7) is 8.10. The number of hydrogen-bond donors (Lipinski definition) is 1. The van der Waals surface area contributed by atoms with Gasteiger partial charge < -0.3 is 14.8 Å². The Morgan fingerprint density at radius 1 is 1.20 bits per heavy atom. The van der Waals surface area contributed by atoms with Gasteiger partial charge in [0.1, 0.15) is 18.1 Å². The zero-order chi connectivity index (χ0) is 18.2. The van der Waals surface area contributed by atoms with Crippen molar-refractivity contribution in [3.8, 4) is 11.5 Å². The van der Waals surface area contributed by atoms with Crippen molar-refractivity contribution < 1.29 is 14.3 Å². The smallest absolute Gasteiger partial charge is 0.262 e. The largest absolute Gasteiger partial charge is 0.487 e. The molecule has 0 unspecified atom stereocenters. The van der Waals surface area contributed by atoms with Crippen molar-refractivity contribution in [3.63, 3.8) is 0 Å². The summed E-state index contributed by atoms with van der Waals surface area (Å²) < 4.78 is 12.2. The maximum atomic E-state index is 12.2. The first kappa shape index (κ1) is 19.1. The van der Waals surface area contributed by atoms with Gasteiger partial charge in [0.05, 0.1) is 5.69 Å². The number of halogens is 1. The molecule has 2 aromatic rings. The third-order valence-electron chi connectivity index (χ3n) is 3.47. The maximum absolute atomic E-state index is 12.2. The second kappa shape index (κ2) is 9.28. The fourth-order valence-electron chi connectivity index (χ4n) is 2.28. The summed E-state index contributed by atoms with van der Waals surface area (Å²) in [6, 6.07) is 13.0. The first-order valence-electron chi connectivity index (χ1n) is 8.06. The third kappa shape index (κ3) is 5.64. The molecule has 132 valence electrons. The lowest BCUT2D eigenvalue weighted by Gasteiger charge is -2.15. The van der Waals surface area contributed by atoms with Gasteiger partial charge in [-0.1, -0.05) is 54.6 Å². The zero-order valence-electron chi connectivity index (χ0n) is 14.4. The summed E-state index contributed by atoms with van der Waals surface area (Å²) in [5.74, 6) is 1.36. The Bertz CT molecular complexity index is 743. The van der Waals surface area contributed by atoms with Crippen LogP contribution in [0.4, 0.5) is 5.69 Å². The average Bonchev–Trinajstić information content (AvgIpc) is 2.59. The van der Waals surface area contributed by atoms with E-state index in [0.717, 1.165) is 10.0 Å². The summed E-state index contributed by atoms with van der Waals surface area (Å²) in [5.41, 5.74) is 1.66. The van der Waals surface area contributed by atoms with Crippen LogP contribution in [0.2, 0.25) is 0 Å². The predicted molar refractivity (Wildman–Crippen MR) is 104 cm³/mol. The van der Waals surface area contributed by atoms with Crippen LogP contribution < -0.4 is 14.8 Å². The Hall–Kier alpha value is -2.27. The molecule has 4 nitrogen and oxygen atoms in total. The van der Waals surface area contributed by atoms with E-state index in [0.29, 0.717) is 29.7 Å². The zero-order valence-corrected chi connectivity index (χ0v) is 16.0. The minimum Gasteiger partial charge on any atom is -0.487 e. The molecule has 0 radical (unpaired) electrons. The first-order chi connectivity index (χ1) is 12.0. The van der Waals surface area contributed by atoms with E-state index in [1.807, 2.05) is 30.3 Å². The van der Waals surface area contributed by atoms with E-state index in [9.17, 15) is 4.79 Å². The van der Waals surface area contributed by atoms with E-state index in [-0.39, 0.29) is 12.5 Å². The van der Waals surface area contributed by atoms with Gasteiger partial charge in [-0.2, -0.15) is 0 Å². The highest BCUT2D eigenvalue weighted by molar-refractivity contribution is 9.10. The third-order valence-corrected chi connectivity index (χ3v) is 3.96. The normalized spacial score (nSPS) is 10.4. The highest BCUT2D eigenvalue weighted by Crippen LogP contribution is 2.29. The van der Waals surface area contributed by atoms with Gasteiger partial charge in [-0.3, -0.25) is 4.79 Å². The van der Waals surface area contributed by atoms with E-state index in [1.165, 1.54) is 0 Å². The van der Waals surface area contributed by atoms with E-state index in [2.05, 4.69) is 41.7 Å². The van der Waals surface area contributed by atoms with Crippen LogP contribution in [-0.2, 0) is 4.79 Å². The van der Waals surface area contributed by atoms with Crippen LogP contribution >= 0.6 is 15.9 Å². The molecule has 0 atom stereocenters. The molecule has 0 spiro atoms. The molecule has 0 fully saturated rings. The molecule has 0 aliphatic rings. The lowest BCUT2D eigenvalue weighted by Crippen LogP contribution is -2.21. The second-order valence-electron chi connectivity index (χ2n) is 5.77. The van der Waals surface area contributed by atoms with Crippen molar-refractivity contribution in [1.82, 2.24) is 0 Å². The molecule has 0 aliphatic carbocycles. The van der Waals surface area contributed by atoms with Crippen molar-refractivity contribution in [2.75, 3.05) is 18.5 Å². The molecule has 25 heavy (non-hydrogen) atoms. The topological polar surface area (TPSA) is 47.6 Å². The predicted octanol–water partition coefficient (Wildman–Crippen LogP) is 5.15. The molecule has 2 aromatic carbocycles. The van der Waals surface area contributed by atoms with Crippen molar-refractivity contribution in [1.29, 1.82) is 0 Å². The van der Waals surface area contributed by atoms with E-state index >= 15 is 0 Å². The van der Waals surface area contributed by atoms with Gasteiger partial charge in [0.2, 0.25) is 0 Å². The molecule has 5 heteroatoms. The number of benzene rings is 2. The summed E-state index contributed by atoms with van der Waals surface area (Å²) >= 11 is 3.46. The standard InChI is InChI=1S/C20H22BrNO3/c1-4-11-24-19-8-6-5-7-17(19)22-20(23)13-25-18-10-9-15(21)12-16(18)14(2)3/h4-10,12,14H,1,11,13H2,2-3H3,(H,22,23). The lowest BCUT2D eigenvalue weighted by molar-refractivity contribution is -0.118. The number of carbonyl (C=O) groups is 1. The van der Waals surface area contributed by atoms with Crippen LogP contribution in [0.15, 0.2) is 59.6 Å². The number of amides is 1. The van der Waals surface area contributed by atoms with Gasteiger partial charge in [-0.15, -0.1) is 0 Å². The van der Waals surface area contributed by atoms with Crippen molar-refractivity contribution in [2.24, 2.45) is 0 Å². The highest BCUT2D eigenvalue weighted by atomic mass is 79.9. The summed E-state index contributed by atoms with van der Waals surface area (Å²) in [4.78, 5) is 12.2. The SMILES string of the molecule is C=CCOc1ccccc1NC(=O)COc1ccc(Br)cc1C(C)C. The number of para-hydroxylation sites is 2. The second-order valence-corrected chi connectivity index (χ2v) is 6.69. The molecule has 0 heterocycles. The summed E-state index contributed by atoms with van der Waals surface area (Å²) in [5, 5.41) is 2.82. The van der Waals surface area contributed by atoms with Crippen molar-refractivity contribution in [2.45, 2.75) is 19.8 Å². The molecular formula is C20H22BrNO3. The van der Waals surface area contributed by atoms with Gasteiger partial charge in [0, 0.05) is 4.47 Å². The molecule has 0 aromatic heterocycles. The summed E-state index contributed by atoms with van der Waals surface area (Å²) in [6.07, 6.45) is 1.66. The monoisotopic (exact) mass is 403 g/mol. The van der Waals surface area contributed by atoms with Crippen LogP contribution in [-0.4, -0.2) is 19.1 Å². The molecule has 0 saturated carbocycles. The van der Waals surface area contributed by atoms with Gasteiger partial charge in [-0.25, -0.2) is 0 Å². The van der Waals surface area contributed by atoms with Crippen LogP contribution in [0.25, 0.3) is 0 Å². The Balaban J connectivity index is 2.01. The number of anilines is 1. The van der Waals surface area contributed by atoms with Crippen molar-refractivity contribution in [3.05, 3.63) is 65.2 Å². The van der Waals surface area contributed by atoms with Crippen LogP contribution in [0.1, 0.15) is 25.3 Å². The molecule has 0 saturated heterocycles. The van der Waals surface area contributed by atoms with E-state index in [4.69, 9.17) is 9.47 Å². The fourth-order valence-corrected chi connectivity index (χ4v) is 2.65. The summed E-state index contributed by atoms with van der Waals surface area (Å²) in [7, 11) is 0. The Kier molecular flexibility index (Phi) is 7.07. The molecule has 0 bridgehead atoms. The Morgan fingerprint density at radius 2 is 1.96 bits per heavy atom. The highest BCUT2D eigenvalue weighted by Gasteiger charge is 2.12. The minimum absolute atomic E-state index is 0.0723. The molecular weight excluding hydrogens is 382 g/mol. The molecule has 1 N–H and O–H groups in total. The van der Waals surface area contributed by atoms with Gasteiger partial charge in [-0.05, 0) is 41.8 Å². The Morgan fingerprint density at radius 3 is 2.68 bits per heavy atom. The first-order valence-corrected chi connectivity index (χ1v) is 8.85. The van der Waals surface area contributed by atoms with Crippen LogP contribution in [0.5, 0.6) is 11.5 Å². The number of rotatable bonds is 8. The van der Waals surface area contributed by atoms with E-state index in [1.54, 1.807) is 18.2 Å². The van der Waals surface area contributed by atoms with Gasteiger partial charge in [0.15, 0.2) is 6.61 Å². The molecule has 0 aliphatic heterocycles. The van der Waals surface area contributed by atoms with E-state index < -0.39 is 0 Å². The number of hydrogen-bond acceptors (Lipinski definition) is 3. The lowest BCUT2D eigenvalue weighted by atomic mass is 10.0. The number of carbonyl (C=O) groups excluding carboxylic acids is 1. The number of nitrogens with one attached hydrogen (secondary N) is 1. The Labute approximate surface area is 157 Å². The quantitative estimate of drug-likeness (QED) is 0.619. The number of ether oxygens (including phenoxy) is 2. The minimum atomic E-state index is -0.243. The van der Waals surface area contributed by atoms with Gasteiger partial charge >= 0.3 is 0 Å². The van der Waals surface area contributed by atoms with Crippen molar-refractivity contribution >= 4 is 27.5 Å². The molecule has 2 rings (SSSR count). The fraction of sp³-hybridized carbons (Fsp3) is 0.250. The van der Waals surface area contributed by atoms with Gasteiger partial charge in [0.25, 0.3) is 5.91 Å². The maximum Gasteiger partial charge on any atom is 0.262 e. The average molecular weight is 404 g/mol. The van der Waals surface area contributed by atoms with Crippen LogP contribution in [0, 0.1) is 0 Å². The molecule has 1 amide bonds.